The summed E-state index contributed by atoms with van der Waals surface area (Å²) in [6.45, 7) is 3.92. The molecule has 4 heterocycles. The third-order valence-electron chi connectivity index (χ3n) is 6.76. The Morgan fingerprint density at radius 1 is 1.16 bits per heavy atom. The van der Waals surface area contributed by atoms with Crippen molar-refractivity contribution in [2.45, 2.75) is 51.3 Å². The van der Waals surface area contributed by atoms with E-state index in [1.165, 1.54) is 16.7 Å². The number of aryl methyl sites for hydroxylation is 1. The van der Waals surface area contributed by atoms with Gasteiger partial charge >= 0.3 is 0 Å². The second-order valence-corrected chi connectivity index (χ2v) is 8.65. The highest BCUT2D eigenvalue weighted by Crippen LogP contribution is 2.38. The molecule has 0 saturated heterocycles. The first-order valence-electron chi connectivity index (χ1n) is 11.1. The lowest BCUT2D eigenvalue weighted by Crippen LogP contribution is -2.25. The van der Waals surface area contributed by atoms with E-state index in [4.69, 9.17) is 4.74 Å². The number of ether oxygens (including phenoxy) is 1. The van der Waals surface area contributed by atoms with Crippen LogP contribution in [0.15, 0.2) is 43.1 Å². The molecular formula is C24H26N6O. The van der Waals surface area contributed by atoms with Crippen molar-refractivity contribution in [2.75, 3.05) is 6.54 Å². The molecular weight excluding hydrogens is 388 g/mol. The summed E-state index contributed by atoms with van der Waals surface area (Å²) < 4.78 is 8.97. The third kappa shape index (κ3) is 3.29. The number of aromatic amines is 1. The minimum Gasteiger partial charge on any atom is -0.490 e. The Morgan fingerprint density at radius 3 is 3.03 bits per heavy atom. The van der Waals surface area contributed by atoms with Gasteiger partial charge in [-0.3, -0.25) is 5.10 Å². The molecule has 0 bridgehead atoms. The average molecular weight is 415 g/mol. The van der Waals surface area contributed by atoms with Crippen LogP contribution in [0.4, 0.5) is 0 Å². The summed E-state index contributed by atoms with van der Waals surface area (Å²) >= 11 is 0. The molecule has 1 aliphatic carbocycles. The lowest BCUT2D eigenvalue weighted by molar-refractivity contribution is 0.202. The molecule has 2 aliphatic rings. The summed E-state index contributed by atoms with van der Waals surface area (Å²) in [7, 11) is 0. The zero-order valence-electron chi connectivity index (χ0n) is 17.6. The first-order valence-corrected chi connectivity index (χ1v) is 11.1. The Morgan fingerprint density at radius 2 is 2.13 bits per heavy atom. The van der Waals surface area contributed by atoms with E-state index < -0.39 is 0 Å². The van der Waals surface area contributed by atoms with Gasteiger partial charge in [-0.2, -0.15) is 5.10 Å². The molecule has 158 valence electrons. The van der Waals surface area contributed by atoms with Crippen LogP contribution in [-0.4, -0.2) is 37.4 Å². The highest BCUT2D eigenvalue weighted by molar-refractivity contribution is 5.78. The van der Waals surface area contributed by atoms with Crippen molar-refractivity contribution in [3.05, 3.63) is 59.9 Å². The maximum Gasteiger partial charge on any atom is 0.143 e. The molecule has 4 aromatic rings. The summed E-state index contributed by atoms with van der Waals surface area (Å²) in [5.74, 6) is 1.02. The molecule has 2 unspecified atom stereocenters. The molecule has 3 aromatic heterocycles. The fourth-order valence-corrected chi connectivity index (χ4v) is 5.09. The van der Waals surface area contributed by atoms with Crippen molar-refractivity contribution in [3.63, 3.8) is 0 Å². The fourth-order valence-electron chi connectivity index (χ4n) is 5.09. The molecule has 7 heteroatoms. The van der Waals surface area contributed by atoms with Crippen LogP contribution in [0.2, 0.25) is 0 Å². The SMILES string of the molecule is Cc1ncnc2c1ccn2C1CCC(Oc2cc(-c3cn[nH]c3)cc3c2CNCC3)C1. The van der Waals surface area contributed by atoms with Crippen LogP contribution in [0, 0.1) is 6.92 Å². The third-order valence-corrected chi connectivity index (χ3v) is 6.76. The second-order valence-electron chi connectivity index (χ2n) is 8.65. The average Bonchev–Trinajstić information content (AvgIpc) is 3.55. The molecule has 1 aliphatic heterocycles. The fraction of sp³-hybridized carbons (Fsp3) is 0.375. The van der Waals surface area contributed by atoms with Crippen molar-refractivity contribution < 1.29 is 4.74 Å². The number of H-pyrrole nitrogens is 1. The number of hydrogen-bond acceptors (Lipinski definition) is 5. The predicted octanol–water partition coefficient (Wildman–Crippen LogP) is 3.95. The van der Waals surface area contributed by atoms with Gasteiger partial charge < -0.3 is 14.6 Å². The molecule has 0 spiro atoms. The van der Waals surface area contributed by atoms with Gasteiger partial charge in [0.25, 0.3) is 0 Å². The number of nitrogens with zero attached hydrogens (tertiary/aromatic N) is 4. The van der Waals surface area contributed by atoms with Gasteiger partial charge in [0.1, 0.15) is 23.8 Å². The van der Waals surface area contributed by atoms with Crippen molar-refractivity contribution >= 4 is 11.0 Å². The van der Waals surface area contributed by atoms with Crippen LogP contribution in [0.3, 0.4) is 0 Å². The van der Waals surface area contributed by atoms with Gasteiger partial charge in [-0.25, -0.2) is 9.97 Å². The van der Waals surface area contributed by atoms with Crippen molar-refractivity contribution in [1.29, 1.82) is 0 Å². The summed E-state index contributed by atoms with van der Waals surface area (Å²) in [6.07, 6.45) is 12.0. The summed E-state index contributed by atoms with van der Waals surface area (Å²) in [5, 5.41) is 11.7. The number of rotatable bonds is 4. The molecule has 1 saturated carbocycles. The van der Waals surface area contributed by atoms with E-state index >= 15 is 0 Å². The van der Waals surface area contributed by atoms with Gasteiger partial charge in [-0.15, -0.1) is 0 Å². The molecule has 7 nitrogen and oxygen atoms in total. The molecule has 0 amide bonds. The van der Waals surface area contributed by atoms with E-state index in [0.717, 1.165) is 66.8 Å². The summed E-state index contributed by atoms with van der Waals surface area (Å²) in [5.41, 5.74) is 7.01. The zero-order valence-corrected chi connectivity index (χ0v) is 17.6. The van der Waals surface area contributed by atoms with E-state index in [-0.39, 0.29) is 6.10 Å². The summed E-state index contributed by atoms with van der Waals surface area (Å²) in [6, 6.07) is 7.02. The smallest absolute Gasteiger partial charge is 0.143 e. The van der Waals surface area contributed by atoms with Gasteiger partial charge in [0.15, 0.2) is 0 Å². The number of hydrogen-bond donors (Lipinski definition) is 2. The van der Waals surface area contributed by atoms with E-state index in [1.54, 1.807) is 6.33 Å². The van der Waals surface area contributed by atoms with Gasteiger partial charge in [-0.05, 0) is 56.0 Å². The van der Waals surface area contributed by atoms with Crippen LogP contribution in [0.5, 0.6) is 5.75 Å². The second kappa shape index (κ2) is 7.50. The normalized spacial score (nSPS) is 20.8. The standard InChI is InChI=1S/C24H26N6O/c1-15-21-5-7-30(24(21)27-14-26-15)19-2-3-20(10-19)31-23-9-17(18-11-28-29-12-18)8-16-4-6-25-13-22(16)23/h5,7-9,11-12,14,19-20,25H,2-4,6,10,13H2,1H3,(H,28,29). The van der Waals surface area contributed by atoms with Crippen molar-refractivity contribution in [1.82, 2.24) is 30.0 Å². The predicted molar refractivity (Wildman–Crippen MR) is 119 cm³/mol. The van der Waals surface area contributed by atoms with Crippen LogP contribution >= 0.6 is 0 Å². The molecule has 6 rings (SSSR count). The minimum atomic E-state index is 0.205. The van der Waals surface area contributed by atoms with Crippen LogP contribution in [0.25, 0.3) is 22.2 Å². The van der Waals surface area contributed by atoms with Crippen molar-refractivity contribution in [2.24, 2.45) is 0 Å². The Kier molecular flexibility index (Phi) is 4.49. The molecule has 2 N–H and O–H groups in total. The van der Waals surface area contributed by atoms with Gasteiger partial charge in [0, 0.05) is 47.9 Å². The summed E-state index contributed by atoms with van der Waals surface area (Å²) in [4.78, 5) is 8.87. The zero-order chi connectivity index (χ0) is 20.8. The topological polar surface area (TPSA) is 80.7 Å². The van der Waals surface area contributed by atoms with E-state index in [2.05, 4.69) is 54.4 Å². The maximum atomic E-state index is 6.66. The Bertz CT molecular complexity index is 1230. The van der Waals surface area contributed by atoms with Gasteiger partial charge in [0.2, 0.25) is 0 Å². The quantitative estimate of drug-likeness (QED) is 0.529. The molecule has 31 heavy (non-hydrogen) atoms. The highest BCUT2D eigenvalue weighted by atomic mass is 16.5. The highest BCUT2D eigenvalue weighted by Gasteiger charge is 2.29. The number of aromatic nitrogens is 5. The molecule has 2 atom stereocenters. The Labute approximate surface area is 180 Å². The van der Waals surface area contributed by atoms with E-state index in [1.807, 2.05) is 19.3 Å². The number of benzene rings is 1. The van der Waals surface area contributed by atoms with Crippen LogP contribution in [0.1, 0.15) is 42.1 Å². The van der Waals surface area contributed by atoms with Gasteiger partial charge in [-0.1, -0.05) is 6.07 Å². The Balaban J connectivity index is 1.27. The first-order chi connectivity index (χ1) is 15.3. The maximum absolute atomic E-state index is 6.66. The molecule has 1 fully saturated rings. The lowest BCUT2D eigenvalue weighted by Gasteiger charge is -2.24. The monoisotopic (exact) mass is 414 g/mol. The van der Waals surface area contributed by atoms with E-state index in [0.29, 0.717) is 6.04 Å². The number of nitrogens with one attached hydrogen (secondary N) is 2. The van der Waals surface area contributed by atoms with Gasteiger partial charge in [0.05, 0.1) is 11.9 Å². The van der Waals surface area contributed by atoms with Crippen LogP contribution in [-0.2, 0) is 13.0 Å². The molecule has 0 radical (unpaired) electrons. The Hall–Kier alpha value is -3.19. The first kappa shape index (κ1) is 18.6. The largest absolute Gasteiger partial charge is 0.490 e. The van der Waals surface area contributed by atoms with E-state index in [9.17, 15) is 0 Å². The van der Waals surface area contributed by atoms with Crippen LogP contribution < -0.4 is 10.1 Å². The van der Waals surface area contributed by atoms with Crippen molar-refractivity contribution in [3.8, 4) is 16.9 Å². The molecule has 1 aromatic carbocycles. The number of fused-ring (bicyclic) bond motifs is 2. The minimum absolute atomic E-state index is 0.205. The lowest BCUT2D eigenvalue weighted by atomic mass is 9.95.